The van der Waals surface area contributed by atoms with Gasteiger partial charge in [0.05, 0.1) is 10.2 Å². The van der Waals surface area contributed by atoms with Gasteiger partial charge in [-0.15, -0.1) is 0 Å². The van der Waals surface area contributed by atoms with Crippen LogP contribution in [0.2, 0.25) is 0 Å². The number of aromatic hydroxyl groups is 1. The van der Waals surface area contributed by atoms with E-state index >= 15 is 0 Å². The molecule has 3 rings (SSSR count). The molecule has 0 saturated heterocycles. The van der Waals surface area contributed by atoms with Gasteiger partial charge in [0.1, 0.15) is 5.75 Å². The number of amides is 1. The van der Waals surface area contributed by atoms with Crippen LogP contribution in [0.15, 0.2) is 36.4 Å². The fourth-order valence-corrected chi connectivity index (χ4v) is 3.09. The molecule has 4 nitrogen and oxygen atoms in total. The molecular weight excluding hydrogens is 284 g/mol. The maximum Gasteiger partial charge on any atom is 0.223 e. The Bertz CT molecular complexity index is 839. The van der Waals surface area contributed by atoms with Crippen molar-refractivity contribution in [3.8, 4) is 16.9 Å². The number of rotatable bonds is 2. The molecule has 0 aliphatic rings. The highest BCUT2D eigenvalue weighted by atomic mass is 32.1. The maximum absolute atomic E-state index is 11.1. The normalized spacial score (nSPS) is 10.8. The minimum atomic E-state index is -0.122. The monoisotopic (exact) mass is 298 g/mol. The molecule has 0 saturated carbocycles. The predicted octanol–water partition coefficient (Wildman–Crippen LogP) is 3.94. The van der Waals surface area contributed by atoms with Crippen molar-refractivity contribution in [2.75, 3.05) is 5.32 Å². The van der Waals surface area contributed by atoms with E-state index in [1.807, 2.05) is 37.3 Å². The van der Waals surface area contributed by atoms with Crippen molar-refractivity contribution < 1.29 is 9.90 Å². The van der Waals surface area contributed by atoms with Crippen LogP contribution in [0.3, 0.4) is 0 Å². The Balaban J connectivity index is 2.03. The van der Waals surface area contributed by atoms with Gasteiger partial charge in [0, 0.05) is 6.92 Å². The van der Waals surface area contributed by atoms with Crippen LogP contribution in [0.25, 0.3) is 21.3 Å². The number of benzene rings is 2. The summed E-state index contributed by atoms with van der Waals surface area (Å²) in [4.78, 5) is 15.4. The van der Waals surface area contributed by atoms with Gasteiger partial charge in [0.25, 0.3) is 0 Å². The summed E-state index contributed by atoms with van der Waals surface area (Å²) in [6, 6.07) is 11.5. The van der Waals surface area contributed by atoms with E-state index in [0.29, 0.717) is 10.9 Å². The zero-order valence-corrected chi connectivity index (χ0v) is 12.5. The lowest BCUT2D eigenvalue weighted by molar-refractivity contribution is -0.114. The highest BCUT2D eigenvalue weighted by Gasteiger charge is 2.07. The van der Waals surface area contributed by atoms with Crippen LogP contribution in [0.1, 0.15) is 12.5 Å². The fourth-order valence-electron chi connectivity index (χ4n) is 2.14. The summed E-state index contributed by atoms with van der Waals surface area (Å²) >= 11 is 1.45. The van der Waals surface area contributed by atoms with Gasteiger partial charge in [-0.3, -0.25) is 4.79 Å². The molecule has 3 aromatic rings. The number of fused-ring (bicyclic) bond motifs is 1. The lowest BCUT2D eigenvalue weighted by Gasteiger charge is -2.04. The highest BCUT2D eigenvalue weighted by Crippen LogP contribution is 2.32. The molecule has 0 bridgehead atoms. The number of phenolic OH excluding ortho intramolecular Hbond substituents is 1. The third kappa shape index (κ3) is 2.73. The fraction of sp³-hybridized carbons (Fsp3) is 0.125. The molecule has 1 amide bonds. The van der Waals surface area contributed by atoms with Crippen LogP contribution in [-0.4, -0.2) is 16.0 Å². The molecule has 5 heteroatoms. The third-order valence-electron chi connectivity index (χ3n) is 3.20. The van der Waals surface area contributed by atoms with Crippen LogP contribution in [0.5, 0.6) is 5.75 Å². The van der Waals surface area contributed by atoms with Gasteiger partial charge in [-0.25, -0.2) is 4.98 Å². The number of anilines is 1. The molecule has 0 spiro atoms. The summed E-state index contributed by atoms with van der Waals surface area (Å²) in [5, 5.41) is 12.9. The summed E-state index contributed by atoms with van der Waals surface area (Å²) in [6.07, 6.45) is 0. The second kappa shape index (κ2) is 5.18. The summed E-state index contributed by atoms with van der Waals surface area (Å²) in [5.74, 6) is 0.175. The van der Waals surface area contributed by atoms with Crippen molar-refractivity contribution in [1.82, 2.24) is 4.98 Å². The number of hydrogen-bond acceptors (Lipinski definition) is 4. The average Bonchev–Trinajstić information content (AvgIpc) is 2.82. The van der Waals surface area contributed by atoms with Crippen molar-refractivity contribution >= 4 is 32.6 Å². The number of aromatic nitrogens is 1. The lowest BCUT2D eigenvalue weighted by atomic mass is 10.0. The molecule has 0 radical (unpaired) electrons. The number of carbonyl (C=O) groups excluding carboxylic acids is 1. The highest BCUT2D eigenvalue weighted by molar-refractivity contribution is 7.22. The van der Waals surface area contributed by atoms with Crippen molar-refractivity contribution in [2.45, 2.75) is 13.8 Å². The van der Waals surface area contributed by atoms with E-state index in [4.69, 9.17) is 0 Å². The minimum Gasteiger partial charge on any atom is -0.508 e. The second-order valence-electron chi connectivity index (χ2n) is 4.88. The Morgan fingerprint density at radius 3 is 2.62 bits per heavy atom. The Kier molecular flexibility index (Phi) is 3.35. The van der Waals surface area contributed by atoms with Crippen LogP contribution in [-0.2, 0) is 4.79 Å². The number of hydrogen-bond donors (Lipinski definition) is 2. The number of phenols is 1. The lowest BCUT2D eigenvalue weighted by Crippen LogP contribution is -2.04. The van der Waals surface area contributed by atoms with Gasteiger partial charge < -0.3 is 10.4 Å². The molecular formula is C16H14N2O2S. The molecule has 0 aliphatic carbocycles. The predicted molar refractivity (Wildman–Crippen MR) is 85.8 cm³/mol. The molecule has 0 atom stereocenters. The molecule has 1 heterocycles. The van der Waals surface area contributed by atoms with E-state index in [-0.39, 0.29) is 5.91 Å². The summed E-state index contributed by atoms with van der Waals surface area (Å²) < 4.78 is 1.02. The molecule has 1 aromatic heterocycles. The first-order valence-electron chi connectivity index (χ1n) is 6.51. The Morgan fingerprint density at radius 1 is 1.19 bits per heavy atom. The van der Waals surface area contributed by atoms with Gasteiger partial charge in [-0.05, 0) is 47.9 Å². The van der Waals surface area contributed by atoms with Crippen LogP contribution in [0.4, 0.5) is 5.13 Å². The second-order valence-corrected chi connectivity index (χ2v) is 5.91. The number of nitrogens with one attached hydrogen (secondary N) is 1. The molecule has 0 fully saturated rings. The Hall–Kier alpha value is -2.40. The summed E-state index contributed by atoms with van der Waals surface area (Å²) in [5.41, 5.74) is 3.81. The smallest absolute Gasteiger partial charge is 0.223 e. The largest absolute Gasteiger partial charge is 0.508 e. The Morgan fingerprint density at radius 2 is 1.90 bits per heavy atom. The molecule has 2 aromatic carbocycles. The third-order valence-corrected chi connectivity index (χ3v) is 4.14. The molecule has 0 aliphatic heterocycles. The van der Waals surface area contributed by atoms with Crippen LogP contribution >= 0.6 is 11.3 Å². The van der Waals surface area contributed by atoms with Crippen LogP contribution < -0.4 is 5.32 Å². The van der Waals surface area contributed by atoms with Gasteiger partial charge in [0.15, 0.2) is 5.13 Å². The summed E-state index contributed by atoms with van der Waals surface area (Å²) in [6.45, 7) is 3.34. The van der Waals surface area contributed by atoms with Gasteiger partial charge in [-0.1, -0.05) is 23.5 Å². The van der Waals surface area contributed by atoms with Crippen molar-refractivity contribution in [3.05, 3.63) is 42.0 Å². The molecule has 0 unspecified atom stereocenters. The first kappa shape index (κ1) is 13.6. The van der Waals surface area contributed by atoms with E-state index in [1.165, 1.54) is 18.3 Å². The zero-order chi connectivity index (χ0) is 15.0. The van der Waals surface area contributed by atoms with Gasteiger partial charge >= 0.3 is 0 Å². The van der Waals surface area contributed by atoms with Crippen LogP contribution in [0, 0.1) is 6.92 Å². The number of thiazole rings is 1. The SMILES string of the molecule is CC(=O)Nc1nc2ccc(-c3ccc(O)c(C)c3)cc2s1. The molecule has 2 N–H and O–H groups in total. The van der Waals surface area contributed by atoms with Crippen molar-refractivity contribution in [3.63, 3.8) is 0 Å². The Labute approximate surface area is 126 Å². The average molecular weight is 298 g/mol. The minimum absolute atomic E-state index is 0.122. The van der Waals surface area contributed by atoms with E-state index < -0.39 is 0 Å². The first-order valence-corrected chi connectivity index (χ1v) is 7.33. The zero-order valence-electron chi connectivity index (χ0n) is 11.7. The quantitative estimate of drug-likeness (QED) is 0.753. The number of carbonyl (C=O) groups is 1. The standard InChI is InChI=1S/C16H14N2O2S/c1-9-7-11(4-6-14(9)20)12-3-5-13-15(8-12)21-16(18-13)17-10(2)19/h3-8,20H,1-2H3,(H,17,18,19). The van der Waals surface area contributed by atoms with E-state index in [2.05, 4.69) is 10.3 Å². The number of nitrogens with zero attached hydrogens (tertiary/aromatic N) is 1. The molecule has 21 heavy (non-hydrogen) atoms. The van der Waals surface area contributed by atoms with Crippen molar-refractivity contribution in [2.24, 2.45) is 0 Å². The topological polar surface area (TPSA) is 62.2 Å². The van der Waals surface area contributed by atoms with Crippen molar-refractivity contribution in [1.29, 1.82) is 0 Å². The van der Waals surface area contributed by atoms with Gasteiger partial charge in [-0.2, -0.15) is 0 Å². The van der Waals surface area contributed by atoms with E-state index in [0.717, 1.165) is 26.9 Å². The first-order chi connectivity index (χ1) is 10.0. The maximum atomic E-state index is 11.1. The summed E-state index contributed by atoms with van der Waals surface area (Å²) in [7, 11) is 0. The van der Waals surface area contributed by atoms with Gasteiger partial charge in [0.2, 0.25) is 5.91 Å². The molecule has 106 valence electrons. The van der Waals surface area contributed by atoms with E-state index in [9.17, 15) is 9.90 Å². The number of aryl methyl sites for hydroxylation is 1. The van der Waals surface area contributed by atoms with E-state index in [1.54, 1.807) is 6.07 Å².